The van der Waals surface area contributed by atoms with Gasteiger partial charge in [0.25, 0.3) is 5.91 Å². The van der Waals surface area contributed by atoms with E-state index < -0.39 is 23.6 Å². The van der Waals surface area contributed by atoms with Crippen LogP contribution >= 0.6 is 0 Å². The first-order chi connectivity index (χ1) is 14.6. The maximum atomic E-state index is 13.3. The second-order valence-corrected chi connectivity index (χ2v) is 8.07. The molecule has 0 heterocycles. The predicted octanol–water partition coefficient (Wildman–Crippen LogP) is 3.85. The molecule has 1 amide bonds. The average molecular weight is 427 g/mol. The monoisotopic (exact) mass is 427 g/mol. The van der Waals surface area contributed by atoms with Crippen molar-refractivity contribution < 1.29 is 28.6 Å². The third-order valence-corrected chi connectivity index (χ3v) is 4.67. The Morgan fingerprint density at radius 2 is 1.42 bits per heavy atom. The highest BCUT2D eigenvalue weighted by Gasteiger charge is 2.31. The summed E-state index contributed by atoms with van der Waals surface area (Å²) in [7, 11) is 2.48. The molecule has 0 N–H and O–H groups in total. The molecule has 1 atom stereocenters. The van der Waals surface area contributed by atoms with E-state index in [2.05, 4.69) is 0 Å². The highest BCUT2D eigenvalue weighted by atomic mass is 16.5. The fourth-order valence-corrected chi connectivity index (χ4v) is 3.02. The van der Waals surface area contributed by atoms with Crippen molar-refractivity contribution in [2.45, 2.75) is 45.9 Å². The molecule has 2 rings (SSSR count). The Morgan fingerprint density at radius 1 is 0.903 bits per heavy atom. The van der Waals surface area contributed by atoms with Crippen LogP contribution in [0.25, 0.3) is 0 Å². The maximum absolute atomic E-state index is 13.3. The number of nitrogens with zero attached hydrogens (tertiary/aromatic N) is 1. The summed E-state index contributed by atoms with van der Waals surface area (Å²) in [6.07, 6.45) is -0.860. The number of rotatable bonds is 7. The largest absolute Gasteiger partial charge is 0.481 e. The van der Waals surface area contributed by atoms with Gasteiger partial charge in [-0.25, -0.2) is 9.59 Å². The molecule has 2 aromatic carbocycles. The molecule has 0 aliphatic rings. The van der Waals surface area contributed by atoms with Crippen molar-refractivity contribution in [1.82, 2.24) is 4.90 Å². The quantitative estimate of drug-likeness (QED) is 0.624. The average Bonchev–Trinajstić information content (AvgIpc) is 2.75. The Morgan fingerprint density at radius 3 is 1.87 bits per heavy atom. The van der Waals surface area contributed by atoms with Crippen molar-refractivity contribution in [3.63, 3.8) is 0 Å². The lowest BCUT2D eigenvalue weighted by Gasteiger charge is -2.37. The van der Waals surface area contributed by atoms with Gasteiger partial charge in [0.05, 0.1) is 25.3 Å². The Bertz CT molecular complexity index is 899. The molecular weight excluding hydrogens is 398 g/mol. The van der Waals surface area contributed by atoms with Crippen LogP contribution in [0.15, 0.2) is 48.5 Å². The van der Waals surface area contributed by atoms with Crippen LogP contribution in [0.5, 0.6) is 5.75 Å². The first kappa shape index (κ1) is 23.9. The summed E-state index contributed by atoms with van der Waals surface area (Å²) in [5.74, 6) is -1.29. The molecule has 7 heteroatoms. The minimum absolute atomic E-state index is 0.122. The molecule has 0 unspecified atom stereocenters. The second-order valence-electron chi connectivity index (χ2n) is 8.07. The number of hydrogen-bond donors (Lipinski definition) is 0. The zero-order chi connectivity index (χ0) is 23.2. The summed E-state index contributed by atoms with van der Waals surface area (Å²) in [6.45, 7) is 7.91. The zero-order valence-corrected chi connectivity index (χ0v) is 18.8. The summed E-state index contributed by atoms with van der Waals surface area (Å²) >= 11 is 0. The van der Waals surface area contributed by atoms with Crippen molar-refractivity contribution in [3.8, 4) is 5.75 Å². The van der Waals surface area contributed by atoms with Crippen molar-refractivity contribution in [1.29, 1.82) is 0 Å². The van der Waals surface area contributed by atoms with Gasteiger partial charge < -0.3 is 19.1 Å². The van der Waals surface area contributed by atoms with E-state index >= 15 is 0 Å². The van der Waals surface area contributed by atoms with E-state index in [-0.39, 0.29) is 22.8 Å². The van der Waals surface area contributed by atoms with Gasteiger partial charge in [0.15, 0.2) is 6.10 Å². The highest BCUT2D eigenvalue weighted by molar-refractivity contribution is 5.96. The van der Waals surface area contributed by atoms with Gasteiger partial charge in [-0.15, -0.1) is 0 Å². The van der Waals surface area contributed by atoms with E-state index in [1.165, 1.54) is 32.4 Å². The van der Waals surface area contributed by atoms with Gasteiger partial charge in [-0.2, -0.15) is 0 Å². The number of amides is 1. The van der Waals surface area contributed by atoms with Crippen molar-refractivity contribution in [2.24, 2.45) is 0 Å². The van der Waals surface area contributed by atoms with Gasteiger partial charge in [-0.1, -0.05) is 30.3 Å². The Balaban J connectivity index is 2.30. The van der Waals surface area contributed by atoms with Gasteiger partial charge in [0, 0.05) is 12.1 Å². The summed E-state index contributed by atoms with van der Waals surface area (Å²) in [5.41, 5.74) is 0.794. The first-order valence-electron chi connectivity index (χ1n) is 9.90. The molecule has 0 fully saturated rings. The van der Waals surface area contributed by atoms with Crippen LogP contribution in [-0.2, 0) is 20.8 Å². The van der Waals surface area contributed by atoms with Crippen LogP contribution < -0.4 is 4.74 Å². The van der Waals surface area contributed by atoms with Crippen LogP contribution in [0.2, 0.25) is 0 Å². The van der Waals surface area contributed by atoms with E-state index in [1.54, 1.807) is 11.8 Å². The summed E-state index contributed by atoms with van der Waals surface area (Å²) in [4.78, 5) is 39.0. The molecule has 166 valence electrons. The lowest BCUT2D eigenvalue weighted by atomic mass is 10.0. The van der Waals surface area contributed by atoms with E-state index in [4.69, 9.17) is 14.2 Å². The first-order valence-corrected chi connectivity index (χ1v) is 9.90. The van der Waals surface area contributed by atoms with Crippen LogP contribution in [0, 0.1) is 0 Å². The molecule has 0 aliphatic carbocycles. The van der Waals surface area contributed by atoms with E-state index in [9.17, 15) is 14.4 Å². The van der Waals surface area contributed by atoms with Crippen LogP contribution in [0.4, 0.5) is 0 Å². The van der Waals surface area contributed by atoms with E-state index in [1.807, 2.05) is 51.1 Å². The van der Waals surface area contributed by atoms with E-state index in [0.29, 0.717) is 6.54 Å². The number of methoxy groups -OCH3 is 2. The van der Waals surface area contributed by atoms with Gasteiger partial charge in [0.1, 0.15) is 5.75 Å². The third-order valence-electron chi connectivity index (χ3n) is 4.67. The molecule has 0 spiro atoms. The smallest absolute Gasteiger partial charge is 0.338 e. The lowest BCUT2D eigenvalue weighted by Crippen LogP contribution is -2.50. The minimum Gasteiger partial charge on any atom is -0.481 e. The third kappa shape index (κ3) is 6.31. The van der Waals surface area contributed by atoms with Gasteiger partial charge in [-0.05, 0) is 51.5 Å². The fourth-order valence-electron chi connectivity index (χ4n) is 3.02. The van der Waals surface area contributed by atoms with Crippen LogP contribution in [-0.4, -0.2) is 48.6 Å². The van der Waals surface area contributed by atoms with Crippen molar-refractivity contribution >= 4 is 17.8 Å². The van der Waals surface area contributed by atoms with Crippen molar-refractivity contribution in [3.05, 3.63) is 65.2 Å². The Hall–Kier alpha value is -3.35. The standard InChI is InChI=1S/C24H29NO6/c1-16(21(26)25(24(2,3)4)15-17-10-8-7-9-11-17)31-20-13-18(22(27)29-5)12-19(14-20)23(28)30-6/h7-14,16H,15H2,1-6H3/t16-/m0/s1. The normalized spacial score (nSPS) is 11.9. The van der Waals surface area contributed by atoms with E-state index in [0.717, 1.165) is 5.56 Å². The van der Waals surface area contributed by atoms with Gasteiger partial charge in [-0.3, -0.25) is 4.79 Å². The summed E-state index contributed by atoms with van der Waals surface area (Å²) in [5, 5.41) is 0. The number of hydrogen-bond acceptors (Lipinski definition) is 6. The molecule has 31 heavy (non-hydrogen) atoms. The van der Waals surface area contributed by atoms with Crippen LogP contribution in [0.1, 0.15) is 54.0 Å². The summed E-state index contributed by atoms with van der Waals surface area (Å²) in [6, 6.07) is 13.9. The van der Waals surface area contributed by atoms with Crippen molar-refractivity contribution in [2.75, 3.05) is 14.2 Å². The zero-order valence-electron chi connectivity index (χ0n) is 18.8. The predicted molar refractivity (Wildman–Crippen MR) is 116 cm³/mol. The maximum Gasteiger partial charge on any atom is 0.338 e. The van der Waals surface area contributed by atoms with Gasteiger partial charge >= 0.3 is 11.9 Å². The topological polar surface area (TPSA) is 82.1 Å². The summed E-state index contributed by atoms with van der Waals surface area (Å²) < 4.78 is 15.3. The van der Waals surface area contributed by atoms with Crippen LogP contribution in [0.3, 0.4) is 0 Å². The minimum atomic E-state index is -0.860. The molecule has 2 aromatic rings. The fraction of sp³-hybridized carbons (Fsp3) is 0.375. The lowest BCUT2D eigenvalue weighted by molar-refractivity contribution is -0.143. The molecule has 0 radical (unpaired) electrons. The Labute approximate surface area is 182 Å². The number of carbonyl (C=O) groups is 3. The number of ether oxygens (including phenoxy) is 3. The molecule has 0 bridgehead atoms. The number of benzene rings is 2. The highest BCUT2D eigenvalue weighted by Crippen LogP contribution is 2.23. The molecule has 0 saturated carbocycles. The second kappa shape index (κ2) is 10.1. The SMILES string of the molecule is COC(=O)c1cc(O[C@@H](C)C(=O)N(Cc2ccccc2)C(C)(C)C)cc(C(=O)OC)c1. The Kier molecular flexibility index (Phi) is 7.80. The van der Waals surface area contributed by atoms with Gasteiger partial charge in [0.2, 0.25) is 0 Å². The molecule has 7 nitrogen and oxygen atoms in total. The molecule has 0 saturated heterocycles. The number of esters is 2. The molecular formula is C24H29NO6. The molecule has 0 aliphatic heterocycles. The molecule has 0 aromatic heterocycles. The number of carbonyl (C=O) groups excluding carboxylic acids is 3.